The number of halogens is 3. The van der Waals surface area contributed by atoms with E-state index in [1.54, 1.807) is 30.3 Å². The summed E-state index contributed by atoms with van der Waals surface area (Å²) in [5.74, 6) is -0.370. The van der Waals surface area contributed by atoms with Crippen molar-refractivity contribution in [3.8, 4) is 0 Å². The van der Waals surface area contributed by atoms with Gasteiger partial charge < -0.3 is 0 Å². The number of alkyl halides is 3. The maximum Gasteiger partial charge on any atom is 0.180 e. The molecule has 3 atom stereocenters. The zero-order chi connectivity index (χ0) is 12.1. The van der Waals surface area contributed by atoms with Crippen molar-refractivity contribution in [2.24, 2.45) is 0 Å². The molecule has 0 radical (unpaired) electrons. The lowest BCUT2D eigenvalue weighted by molar-refractivity contribution is 0.0956. The Kier molecular flexibility index (Phi) is 4.87. The number of rotatable bonds is 5. The Morgan fingerprint density at radius 3 is 2.38 bits per heavy atom. The van der Waals surface area contributed by atoms with Crippen LogP contribution in [0.1, 0.15) is 23.7 Å². The number of Topliss-reactive ketones (excluding diaryl/α,β-unsaturated/α-hetero) is 1. The number of ketones is 1. The third-order valence-corrected chi connectivity index (χ3v) is 2.65. The van der Waals surface area contributed by atoms with Crippen LogP contribution >= 0.6 is 11.6 Å². The second-order valence-corrected chi connectivity index (χ2v) is 4.15. The van der Waals surface area contributed by atoms with Crippen LogP contribution in [0.4, 0.5) is 8.78 Å². The number of carbonyl (C=O) groups is 1. The minimum atomic E-state index is -1.70. The van der Waals surface area contributed by atoms with Crippen LogP contribution in [0.5, 0.6) is 0 Å². The smallest absolute Gasteiger partial charge is 0.180 e. The Morgan fingerprint density at radius 1 is 1.31 bits per heavy atom. The summed E-state index contributed by atoms with van der Waals surface area (Å²) in [6.45, 7) is 1.11. The number of hydrogen-bond acceptors (Lipinski definition) is 1. The molecular formula is C12H13ClF2O. The molecule has 0 heterocycles. The highest BCUT2D eigenvalue weighted by molar-refractivity contribution is 6.33. The summed E-state index contributed by atoms with van der Waals surface area (Å²) < 4.78 is 25.6. The molecule has 0 spiro atoms. The molecule has 0 N–H and O–H groups in total. The molecule has 0 aliphatic heterocycles. The van der Waals surface area contributed by atoms with E-state index >= 15 is 0 Å². The average molecular weight is 247 g/mol. The third kappa shape index (κ3) is 3.56. The summed E-state index contributed by atoms with van der Waals surface area (Å²) >= 11 is 5.75. The molecule has 1 aromatic carbocycles. The number of benzene rings is 1. The summed E-state index contributed by atoms with van der Waals surface area (Å²) in [6.07, 6.45) is -3.60. The van der Waals surface area contributed by atoms with Gasteiger partial charge in [0.05, 0.1) is 5.38 Å². The maximum absolute atomic E-state index is 13.0. The Bertz CT molecular complexity index is 340. The average Bonchev–Trinajstić information content (AvgIpc) is 2.28. The summed E-state index contributed by atoms with van der Waals surface area (Å²) in [5.41, 5.74) is 0.418. The van der Waals surface area contributed by atoms with Gasteiger partial charge in [-0.15, -0.1) is 11.6 Å². The first kappa shape index (κ1) is 13.1. The fourth-order valence-electron chi connectivity index (χ4n) is 1.28. The van der Waals surface area contributed by atoms with E-state index in [2.05, 4.69) is 0 Å². The maximum atomic E-state index is 13.0. The van der Waals surface area contributed by atoms with E-state index in [1.165, 1.54) is 0 Å². The van der Waals surface area contributed by atoms with E-state index in [0.29, 0.717) is 5.56 Å². The van der Waals surface area contributed by atoms with E-state index in [-0.39, 0.29) is 12.2 Å². The third-order valence-electron chi connectivity index (χ3n) is 2.27. The van der Waals surface area contributed by atoms with E-state index in [0.717, 1.165) is 6.92 Å². The highest BCUT2D eigenvalue weighted by atomic mass is 35.5. The summed E-state index contributed by atoms with van der Waals surface area (Å²) in [7, 11) is 0. The molecule has 0 aromatic heterocycles. The normalized spacial score (nSPS) is 16.5. The van der Waals surface area contributed by atoms with Crippen LogP contribution in [-0.2, 0) is 0 Å². The molecule has 0 aliphatic carbocycles. The molecule has 3 unspecified atom stereocenters. The molecule has 0 saturated carbocycles. The van der Waals surface area contributed by atoms with Crippen LogP contribution in [0.2, 0.25) is 0 Å². The number of carbonyl (C=O) groups excluding carboxylic acids is 1. The van der Waals surface area contributed by atoms with E-state index in [1.807, 2.05) is 0 Å². The van der Waals surface area contributed by atoms with Crippen molar-refractivity contribution in [1.82, 2.24) is 0 Å². The lowest BCUT2D eigenvalue weighted by atomic mass is 10.0. The van der Waals surface area contributed by atoms with Crippen molar-refractivity contribution in [3.63, 3.8) is 0 Å². The second-order valence-electron chi connectivity index (χ2n) is 3.63. The van der Waals surface area contributed by atoms with Gasteiger partial charge in [0.2, 0.25) is 0 Å². The lowest BCUT2D eigenvalue weighted by Gasteiger charge is -2.13. The molecule has 4 heteroatoms. The molecule has 0 amide bonds. The lowest BCUT2D eigenvalue weighted by Crippen LogP contribution is -2.24. The predicted octanol–water partition coefficient (Wildman–Crippen LogP) is 3.56. The van der Waals surface area contributed by atoms with Crippen LogP contribution in [0.3, 0.4) is 0 Å². The van der Waals surface area contributed by atoms with Gasteiger partial charge in [-0.2, -0.15) is 0 Å². The van der Waals surface area contributed by atoms with E-state index < -0.39 is 17.7 Å². The van der Waals surface area contributed by atoms with Gasteiger partial charge >= 0.3 is 0 Å². The van der Waals surface area contributed by atoms with Gasteiger partial charge in [-0.1, -0.05) is 30.3 Å². The molecule has 1 aromatic rings. The molecular weight excluding hydrogens is 234 g/mol. The van der Waals surface area contributed by atoms with Gasteiger partial charge in [-0.3, -0.25) is 4.79 Å². The predicted molar refractivity (Wildman–Crippen MR) is 60.5 cm³/mol. The van der Waals surface area contributed by atoms with Gasteiger partial charge in [-0.05, 0) is 6.92 Å². The van der Waals surface area contributed by atoms with Crippen LogP contribution in [0, 0.1) is 0 Å². The highest BCUT2D eigenvalue weighted by Crippen LogP contribution is 2.18. The van der Waals surface area contributed by atoms with Gasteiger partial charge in [-0.25, -0.2) is 8.78 Å². The first-order valence-corrected chi connectivity index (χ1v) is 5.47. The van der Waals surface area contributed by atoms with Crippen molar-refractivity contribution in [3.05, 3.63) is 35.9 Å². The van der Waals surface area contributed by atoms with Crippen LogP contribution in [0.15, 0.2) is 30.3 Å². The van der Waals surface area contributed by atoms with Crippen molar-refractivity contribution >= 4 is 17.4 Å². The van der Waals surface area contributed by atoms with Crippen LogP contribution in [-0.4, -0.2) is 23.5 Å². The largest absolute Gasteiger partial charge is 0.293 e. The van der Waals surface area contributed by atoms with Gasteiger partial charge in [0, 0.05) is 12.0 Å². The molecule has 88 valence electrons. The van der Waals surface area contributed by atoms with Crippen LogP contribution in [0.25, 0.3) is 0 Å². The second kappa shape index (κ2) is 5.94. The first-order chi connectivity index (χ1) is 7.52. The summed E-state index contributed by atoms with van der Waals surface area (Å²) in [4.78, 5) is 11.7. The monoisotopic (exact) mass is 246 g/mol. The SMILES string of the molecule is CC(F)C(F)CC(Cl)C(=O)c1ccccc1. The topological polar surface area (TPSA) is 17.1 Å². The van der Waals surface area contributed by atoms with Gasteiger partial charge in [0.1, 0.15) is 12.3 Å². The van der Waals surface area contributed by atoms with Gasteiger partial charge in [0.25, 0.3) is 0 Å². The van der Waals surface area contributed by atoms with Gasteiger partial charge in [0.15, 0.2) is 5.78 Å². The first-order valence-electron chi connectivity index (χ1n) is 5.04. The Balaban J connectivity index is 2.62. The van der Waals surface area contributed by atoms with Crippen molar-refractivity contribution in [2.75, 3.05) is 0 Å². The molecule has 1 rings (SSSR count). The van der Waals surface area contributed by atoms with Crippen molar-refractivity contribution in [1.29, 1.82) is 0 Å². The molecule has 1 nitrogen and oxygen atoms in total. The van der Waals surface area contributed by atoms with Crippen LogP contribution < -0.4 is 0 Å². The summed E-state index contributed by atoms with van der Waals surface area (Å²) in [6, 6.07) is 8.36. The minimum absolute atomic E-state index is 0.299. The highest BCUT2D eigenvalue weighted by Gasteiger charge is 2.25. The Hall–Kier alpha value is -0.960. The fourth-order valence-corrected chi connectivity index (χ4v) is 1.57. The molecule has 0 aliphatic rings. The van der Waals surface area contributed by atoms with E-state index in [9.17, 15) is 13.6 Å². The zero-order valence-electron chi connectivity index (χ0n) is 8.87. The quantitative estimate of drug-likeness (QED) is 0.574. The Labute approximate surface area is 98.4 Å². The Morgan fingerprint density at radius 2 is 1.88 bits per heavy atom. The molecule has 0 bridgehead atoms. The number of hydrogen-bond donors (Lipinski definition) is 0. The molecule has 16 heavy (non-hydrogen) atoms. The van der Waals surface area contributed by atoms with E-state index in [4.69, 9.17) is 11.6 Å². The standard InChI is InChI=1S/C12H13ClF2O/c1-8(14)11(15)7-10(13)12(16)9-5-3-2-4-6-9/h2-6,8,10-11H,7H2,1H3. The molecule has 0 saturated heterocycles. The van der Waals surface area contributed by atoms with Crippen molar-refractivity contribution in [2.45, 2.75) is 31.1 Å². The fraction of sp³-hybridized carbons (Fsp3) is 0.417. The summed E-state index contributed by atoms with van der Waals surface area (Å²) in [5, 5.41) is -1.02. The molecule has 0 fully saturated rings. The minimum Gasteiger partial charge on any atom is -0.293 e. The zero-order valence-corrected chi connectivity index (χ0v) is 9.62. The van der Waals surface area contributed by atoms with Crippen molar-refractivity contribution < 1.29 is 13.6 Å².